The molecule has 0 aliphatic carbocycles. The van der Waals surface area contributed by atoms with Gasteiger partial charge in [0.25, 0.3) is 0 Å². The van der Waals surface area contributed by atoms with E-state index in [0.29, 0.717) is 0 Å². The maximum atomic E-state index is 6.20. The van der Waals surface area contributed by atoms with Crippen molar-refractivity contribution in [3.05, 3.63) is 53.6 Å². The zero-order chi connectivity index (χ0) is 21.9. The van der Waals surface area contributed by atoms with Crippen LogP contribution in [0.15, 0.2) is 41.3 Å². The third-order valence-electron chi connectivity index (χ3n) is 6.63. The predicted molar refractivity (Wildman–Crippen MR) is 138 cm³/mol. The Bertz CT molecular complexity index is 946. The highest BCUT2D eigenvalue weighted by Crippen LogP contribution is 2.33. The van der Waals surface area contributed by atoms with Gasteiger partial charge in [-0.05, 0) is 66.6 Å². The average molecular weight is 419 g/mol. The van der Waals surface area contributed by atoms with Gasteiger partial charge in [0.05, 0.1) is 0 Å². The second-order valence-electron chi connectivity index (χ2n) is 9.22. The maximum absolute atomic E-state index is 6.20. The van der Waals surface area contributed by atoms with Crippen molar-refractivity contribution in [2.75, 3.05) is 0 Å². The summed E-state index contributed by atoms with van der Waals surface area (Å²) in [7, 11) is 0. The lowest BCUT2D eigenvalue weighted by molar-refractivity contribution is 0.607. The van der Waals surface area contributed by atoms with Crippen LogP contribution >= 0.6 is 0 Å². The van der Waals surface area contributed by atoms with E-state index >= 15 is 0 Å². The monoisotopic (exact) mass is 418 g/mol. The molecule has 1 nitrogen and oxygen atoms in total. The van der Waals surface area contributed by atoms with E-state index in [1.54, 1.807) is 0 Å². The molecule has 2 aromatic carbocycles. The third-order valence-corrected chi connectivity index (χ3v) is 6.63. The van der Waals surface area contributed by atoms with Crippen molar-refractivity contribution in [2.45, 2.75) is 104 Å². The fraction of sp³-hybridized carbons (Fsp3) is 0.533. The Morgan fingerprint density at radius 2 is 1.29 bits per heavy atom. The highest BCUT2D eigenvalue weighted by molar-refractivity contribution is 6.06. The summed E-state index contributed by atoms with van der Waals surface area (Å²) in [6.45, 7) is 8.61. The molecule has 0 N–H and O–H groups in total. The van der Waals surface area contributed by atoms with Crippen LogP contribution in [0.25, 0.3) is 28.0 Å². The van der Waals surface area contributed by atoms with Gasteiger partial charge in [-0.3, -0.25) is 0 Å². The minimum Gasteiger partial charge on any atom is -0.456 e. The molecule has 0 aliphatic rings. The maximum Gasteiger partial charge on any atom is 0.136 e. The van der Waals surface area contributed by atoms with Gasteiger partial charge in [0.15, 0.2) is 0 Å². The normalized spacial score (nSPS) is 11.5. The minimum atomic E-state index is 0.994. The SMILES string of the molecule is C=Cc1cc2oc3ccc(CCCCCCCC)cc3c2cc1CCCCCCCC. The lowest BCUT2D eigenvalue weighted by Crippen LogP contribution is -1.91. The van der Waals surface area contributed by atoms with Gasteiger partial charge < -0.3 is 4.42 Å². The van der Waals surface area contributed by atoms with Crippen LogP contribution in [0.4, 0.5) is 0 Å². The molecule has 0 unspecified atom stereocenters. The lowest BCUT2D eigenvalue weighted by atomic mass is 9.97. The van der Waals surface area contributed by atoms with Crippen LogP contribution in [-0.2, 0) is 12.8 Å². The summed E-state index contributed by atoms with van der Waals surface area (Å²) in [6.07, 6.45) is 20.4. The first-order chi connectivity index (χ1) is 15.3. The number of aryl methyl sites for hydroxylation is 2. The van der Waals surface area contributed by atoms with Crippen molar-refractivity contribution in [3.8, 4) is 0 Å². The fourth-order valence-corrected chi connectivity index (χ4v) is 4.70. The Hall–Kier alpha value is -2.02. The predicted octanol–water partition coefficient (Wildman–Crippen LogP) is 10.0. The second kappa shape index (κ2) is 12.7. The molecular weight excluding hydrogens is 376 g/mol. The van der Waals surface area contributed by atoms with Crippen molar-refractivity contribution in [2.24, 2.45) is 0 Å². The number of rotatable bonds is 15. The smallest absolute Gasteiger partial charge is 0.136 e. The molecule has 0 amide bonds. The molecule has 168 valence electrons. The van der Waals surface area contributed by atoms with Gasteiger partial charge in [0, 0.05) is 10.8 Å². The van der Waals surface area contributed by atoms with Crippen LogP contribution in [0.3, 0.4) is 0 Å². The molecule has 31 heavy (non-hydrogen) atoms. The summed E-state index contributed by atoms with van der Waals surface area (Å²) in [5, 5.41) is 2.55. The van der Waals surface area contributed by atoms with Crippen LogP contribution in [0.1, 0.15) is 108 Å². The van der Waals surface area contributed by atoms with Crippen molar-refractivity contribution in [1.29, 1.82) is 0 Å². The van der Waals surface area contributed by atoms with Crippen molar-refractivity contribution in [3.63, 3.8) is 0 Å². The topological polar surface area (TPSA) is 13.1 Å². The molecule has 1 heterocycles. The van der Waals surface area contributed by atoms with Crippen LogP contribution in [0.5, 0.6) is 0 Å². The van der Waals surface area contributed by atoms with Gasteiger partial charge in [-0.2, -0.15) is 0 Å². The average Bonchev–Trinajstić information content (AvgIpc) is 3.14. The number of benzene rings is 2. The molecule has 0 saturated carbocycles. The molecule has 0 radical (unpaired) electrons. The minimum absolute atomic E-state index is 0.994. The van der Waals surface area contributed by atoms with Crippen molar-refractivity contribution >= 4 is 28.0 Å². The molecule has 0 fully saturated rings. The molecule has 3 aromatic rings. The van der Waals surface area contributed by atoms with E-state index < -0.39 is 0 Å². The van der Waals surface area contributed by atoms with E-state index in [1.165, 1.54) is 111 Å². The highest BCUT2D eigenvalue weighted by atomic mass is 16.3. The van der Waals surface area contributed by atoms with Crippen LogP contribution in [0, 0.1) is 0 Å². The Morgan fingerprint density at radius 3 is 1.97 bits per heavy atom. The quantitative estimate of drug-likeness (QED) is 0.224. The number of fused-ring (bicyclic) bond motifs is 3. The Morgan fingerprint density at radius 1 is 0.677 bits per heavy atom. The van der Waals surface area contributed by atoms with Crippen LogP contribution in [0.2, 0.25) is 0 Å². The van der Waals surface area contributed by atoms with Crippen LogP contribution in [-0.4, -0.2) is 0 Å². The lowest BCUT2D eigenvalue weighted by Gasteiger charge is -2.07. The number of hydrogen-bond donors (Lipinski definition) is 0. The van der Waals surface area contributed by atoms with E-state index in [0.717, 1.165) is 17.6 Å². The van der Waals surface area contributed by atoms with Gasteiger partial charge in [-0.15, -0.1) is 0 Å². The van der Waals surface area contributed by atoms with E-state index in [2.05, 4.69) is 50.8 Å². The molecular formula is C30H42O. The molecule has 3 rings (SSSR count). The van der Waals surface area contributed by atoms with Crippen molar-refractivity contribution < 1.29 is 4.42 Å². The first-order valence-corrected chi connectivity index (χ1v) is 12.9. The number of unbranched alkanes of at least 4 members (excludes halogenated alkanes) is 10. The van der Waals surface area contributed by atoms with Gasteiger partial charge in [-0.1, -0.05) is 96.8 Å². The summed E-state index contributed by atoms with van der Waals surface area (Å²) < 4.78 is 6.20. The fourth-order valence-electron chi connectivity index (χ4n) is 4.70. The second-order valence-corrected chi connectivity index (χ2v) is 9.22. The van der Waals surface area contributed by atoms with E-state index in [4.69, 9.17) is 4.42 Å². The van der Waals surface area contributed by atoms with E-state index in [-0.39, 0.29) is 0 Å². The largest absolute Gasteiger partial charge is 0.456 e. The third kappa shape index (κ3) is 6.73. The van der Waals surface area contributed by atoms with Gasteiger partial charge in [0.2, 0.25) is 0 Å². The first-order valence-electron chi connectivity index (χ1n) is 12.9. The summed E-state index contributed by atoms with van der Waals surface area (Å²) in [4.78, 5) is 0. The van der Waals surface area contributed by atoms with Crippen LogP contribution < -0.4 is 0 Å². The molecule has 0 aliphatic heterocycles. The first kappa shape index (κ1) is 23.6. The zero-order valence-corrected chi connectivity index (χ0v) is 20.0. The molecule has 0 bridgehead atoms. The van der Waals surface area contributed by atoms with Crippen molar-refractivity contribution in [1.82, 2.24) is 0 Å². The highest BCUT2D eigenvalue weighted by Gasteiger charge is 2.11. The molecule has 0 saturated heterocycles. The molecule has 1 aromatic heterocycles. The number of hydrogen-bond acceptors (Lipinski definition) is 1. The Balaban J connectivity index is 1.70. The van der Waals surface area contributed by atoms with Gasteiger partial charge in [0.1, 0.15) is 11.2 Å². The Labute approximate surface area is 189 Å². The summed E-state index contributed by atoms with van der Waals surface area (Å²) in [5.74, 6) is 0. The van der Waals surface area contributed by atoms with Gasteiger partial charge >= 0.3 is 0 Å². The molecule has 1 heteroatoms. The van der Waals surface area contributed by atoms with E-state index in [1.807, 2.05) is 6.08 Å². The van der Waals surface area contributed by atoms with E-state index in [9.17, 15) is 0 Å². The van der Waals surface area contributed by atoms with Gasteiger partial charge in [-0.25, -0.2) is 0 Å². The zero-order valence-electron chi connectivity index (χ0n) is 20.0. The standard InChI is InChI=1S/C30H42O/c1-4-7-9-11-13-15-17-24-19-20-29-27(21-24)28-22-26(18-16-14-12-10-8-5-2)25(6-3)23-30(28)31-29/h6,19-23H,3-5,7-18H2,1-2H3. The summed E-state index contributed by atoms with van der Waals surface area (Å²) >= 11 is 0. The molecule has 0 spiro atoms. The Kier molecular flexibility index (Phi) is 9.72. The summed E-state index contributed by atoms with van der Waals surface area (Å²) in [6, 6.07) is 11.4. The molecule has 0 atom stereocenters. The number of furan rings is 1. The summed E-state index contributed by atoms with van der Waals surface area (Å²) in [5.41, 5.74) is 6.09.